The third kappa shape index (κ3) is 2.43. The number of terminal acetylenes is 1. The van der Waals surface area contributed by atoms with Gasteiger partial charge in [0.05, 0.1) is 6.04 Å². The zero-order valence-corrected chi connectivity index (χ0v) is 7.95. The van der Waals surface area contributed by atoms with Crippen LogP contribution in [-0.2, 0) is 0 Å². The molecule has 0 aromatic carbocycles. The molecule has 0 spiro atoms. The highest BCUT2D eigenvalue weighted by atomic mass is 32.2. The van der Waals surface area contributed by atoms with E-state index in [4.69, 9.17) is 6.42 Å². The van der Waals surface area contributed by atoms with Crippen molar-refractivity contribution in [2.45, 2.75) is 25.9 Å². The lowest BCUT2D eigenvalue weighted by Crippen LogP contribution is -2.47. The second-order valence-corrected chi connectivity index (χ2v) is 4.36. The molecule has 0 aromatic heterocycles. The number of nitrogens with one attached hydrogen (secondary N) is 1. The molecule has 11 heavy (non-hydrogen) atoms. The Hall–Kier alpha value is -0.130. The van der Waals surface area contributed by atoms with Gasteiger partial charge < -0.3 is 0 Å². The lowest BCUT2D eigenvalue weighted by Gasteiger charge is -2.30. The molecule has 1 aliphatic rings. The van der Waals surface area contributed by atoms with Gasteiger partial charge >= 0.3 is 0 Å². The van der Waals surface area contributed by atoms with Gasteiger partial charge in [0.15, 0.2) is 0 Å². The SMILES string of the molecule is C#CC(NC1CSC1)C(C)C. The monoisotopic (exact) mass is 169 g/mol. The molecule has 1 saturated heterocycles. The number of hydrogen-bond donors (Lipinski definition) is 1. The van der Waals surface area contributed by atoms with E-state index in [-0.39, 0.29) is 6.04 Å². The quantitative estimate of drug-likeness (QED) is 0.640. The van der Waals surface area contributed by atoms with Gasteiger partial charge in [0.2, 0.25) is 0 Å². The van der Waals surface area contributed by atoms with Crippen LogP contribution in [0.5, 0.6) is 0 Å². The molecule has 1 fully saturated rings. The molecule has 0 aliphatic carbocycles. The Bertz CT molecular complexity index is 155. The minimum absolute atomic E-state index is 0.265. The van der Waals surface area contributed by atoms with E-state index in [2.05, 4.69) is 25.1 Å². The van der Waals surface area contributed by atoms with E-state index in [9.17, 15) is 0 Å². The molecule has 0 aromatic rings. The van der Waals surface area contributed by atoms with Crippen LogP contribution in [0.4, 0.5) is 0 Å². The first-order valence-electron chi connectivity index (χ1n) is 4.04. The van der Waals surface area contributed by atoms with Crippen LogP contribution < -0.4 is 5.32 Å². The maximum absolute atomic E-state index is 5.38. The summed E-state index contributed by atoms with van der Waals surface area (Å²) < 4.78 is 0. The Morgan fingerprint density at radius 3 is 2.45 bits per heavy atom. The fourth-order valence-corrected chi connectivity index (χ4v) is 1.68. The number of rotatable bonds is 3. The average Bonchev–Trinajstić information content (AvgIpc) is 1.85. The van der Waals surface area contributed by atoms with Gasteiger partial charge in [-0.25, -0.2) is 0 Å². The van der Waals surface area contributed by atoms with Crippen molar-refractivity contribution in [3.05, 3.63) is 0 Å². The van der Waals surface area contributed by atoms with Crippen LogP contribution in [0.3, 0.4) is 0 Å². The highest BCUT2D eigenvalue weighted by Crippen LogP contribution is 2.18. The van der Waals surface area contributed by atoms with Crippen molar-refractivity contribution in [2.75, 3.05) is 11.5 Å². The molecular weight excluding hydrogens is 154 g/mol. The fraction of sp³-hybridized carbons (Fsp3) is 0.778. The minimum atomic E-state index is 0.265. The molecule has 1 atom stereocenters. The molecule has 1 nitrogen and oxygen atoms in total. The summed E-state index contributed by atoms with van der Waals surface area (Å²) in [4.78, 5) is 0. The lowest BCUT2D eigenvalue weighted by atomic mass is 10.0. The van der Waals surface area contributed by atoms with Gasteiger partial charge in [-0.3, -0.25) is 5.32 Å². The molecule has 0 amide bonds. The summed E-state index contributed by atoms with van der Waals surface area (Å²) in [5.41, 5.74) is 0. The Morgan fingerprint density at radius 1 is 1.55 bits per heavy atom. The molecule has 1 N–H and O–H groups in total. The van der Waals surface area contributed by atoms with Crippen molar-refractivity contribution in [2.24, 2.45) is 5.92 Å². The molecule has 0 radical (unpaired) electrons. The minimum Gasteiger partial charge on any atom is -0.299 e. The second kappa shape index (κ2) is 4.04. The van der Waals surface area contributed by atoms with Gasteiger partial charge in [-0.1, -0.05) is 19.8 Å². The highest BCUT2D eigenvalue weighted by Gasteiger charge is 2.21. The van der Waals surface area contributed by atoms with Gasteiger partial charge in [-0.2, -0.15) is 11.8 Å². The fourth-order valence-electron chi connectivity index (χ4n) is 1.02. The van der Waals surface area contributed by atoms with E-state index in [1.54, 1.807) is 0 Å². The molecule has 1 aliphatic heterocycles. The molecule has 2 heteroatoms. The zero-order valence-electron chi connectivity index (χ0n) is 7.13. The summed E-state index contributed by atoms with van der Waals surface area (Å²) in [7, 11) is 0. The van der Waals surface area contributed by atoms with E-state index in [1.165, 1.54) is 11.5 Å². The second-order valence-electron chi connectivity index (χ2n) is 3.29. The van der Waals surface area contributed by atoms with Crippen LogP contribution in [-0.4, -0.2) is 23.6 Å². The summed E-state index contributed by atoms with van der Waals surface area (Å²) >= 11 is 1.98. The van der Waals surface area contributed by atoms with Crippen LogP contribution in [0.15, 0.2) is 0 Å². The van der Waals surface area contributed by atoms with Gasteiger partial charge in [0.25, 0.3) is 0 Å². The van der Waals surface area contributed by atoms with Crippen molar-refractivity contribution in [1.29, 1.82) is 0 Å². The Balaban J connectivity index is 2.26. The van der Waals surface area contributed by atoms with Crippen LogP contribution in [0.2, 0.25) is 0 Å². The molecule has 1 heterocycles. The van der Waals surface area contributed by atoms with Gasteiger partial charge in [-0.15, -0.1) is 6.42 Å². The van der Waals surface area contributed by atoms with Crippen LogP contribution in [0, 0.1) is 18.3 Å². The van der Waals surface area contributed by atoms with Crippen molar-refractivity contribution in [1.82, 2.24) is 5.32 Å². The Labute approximate surface area is 73.3 Å². The van der Waals surface area contributed by atoms with Crippen LogP contribution in [0.1, 0.15) is 13.8 Å². The Morgan fingerprint density at radius 2 is 2.18 bits per heavy atom. The van der Waals surface area contributed by atoms with Gasteiger partial charge in [-0.05, 0) is 5.92 Å². The van der Waals surface area contributed by atoms with Crippen molar-refractivity contribution in [3.8, 4) is 12.3 Å². The van der Waals surface area contributed by atoms with Crippen LogP contribution in [0.25, 0.3) is 0 Å². The Kier molecular flexibility index (Phi) is 3.29. The summed E-state index contributed by atoms with van der Waals surface area (Å²) in [5, 5.41) is 3.45. The van der Waals surface area contributed by atoms with Gasteiger partial charge in [0, 0.05) is 17.5 Å². The molecule has 1 unspecified atom stereocenters. The first kappa shape index (κ1) is 8.96. The average molecular weight is 169 g/mol. The first-order chi connectivity index (χ1) is 5.24. The lowest BCUT2D eigenvalue weighted by molar-refractivity contribution is 0.437. The predicted octanol–water partition coefficient (Wildman–Crippen LogP) is 1.35. The van der Waals surface area contributed by atoms with Gasteiger partial charge in [0.1, 0.15) is 0 Å². The van der Waals surface area contributed by atoms with Crippen molar-refractivity contribution >= 4 is 11.8 Å². The smallest absolute Gasteiger partial charge is 0.0712 e. The van der Waals surface area contributed by atoms with E-state index in [0.29, 0.717) is 12.0 Å². The molecular formula is C9H15NS. The topological polar surface area (TPSA) is 12.0 Å². The summed E-state index contributed by atoms with van der Waals surface area (Å²) in [6.07, 6.45) is 5.38. The zero-order chi connectivity index (χ0) is 8.27. The third-order valence-electron chi connectivity index (χ3n) is 1.90. The summed E-state index contributed by atoms with van der Waals surface area (Å²) in [6, 6.07) is 0.935. The van der Waals surface area contributed by atoms with Crippen molar-refractivity contribution in [3.63, 3.8) is 0 Å². The molecule has 0 saturated carbocycles. The largest absolute Gasteiger partial charge is 0.299 e. The first-order valence-corrected chi connectivity index (χ1v) is 5.19. The van der Waals surface area contributed by atoms with Crippen LogP contribution >= 0.6 is 11.8 Å². The molecule has 62 valence electrons. The number of hydrogen-bond acceptors (Lipinski definition) is 2. The maximum atomic E-state index is 5.38. The van der Waals surface area contributed by atoms with Crippen molar-refractivity contribution < 1.29 is 0 Å². The third-order valence-corrected chi connectivity index (χ3v) is 3.18. The maximum Gasteiger partial charge on any atom is 0.0712 e. The summed E-state index contributed by atoms with van der Waals surface area (Å²) in [6.45, 7) is 4.31. The highest BCUT2D eigenvalue weighted by molar-refractivity contribution is 8.00. The summed E-state index contributed by atoms with van der Waals surface area (Å²) in [5.74, 6) is 5.78. The molecule has 1 rings (SSSR count). The van der Waals surface area contributed by atoms with E-state index in [1.807, 2.05) is 11.8 Å². The predicted molar refractivity (Wildman–Crippen MR) is 51.7 cm³/mol. The van der Waals surface area contributed by atoms with E-state index >= 15 is 0 Å². The standard InChI is InChI=1S/C9H15NS/c1-4-9(7(2)3)10-8-5-11-6-8/h1,7-10H,5-6H2,2-3H3. The molecule has 0 bridgehead atoms. The number of thioether (sulfide) groups is 1. The normalized spacial score (nSPS) is 20.9. The van der Waals surface area contributed by atoms with E-state index < -0.39 is 0 Å². The van der Waals surface area contributed by atoms with E-state index in [0.717, 1.165) is 0 Å².